The van der Waals surface area contributed by atoms with Crippen molar-refractivity contribution in [1.82, 2.24) is 0 Å². The summed E-state index contributed by atoms with van der Waals surface area (Å²) >= 11 is 0. The Morgan fingerprint density at radius 1 is 1.27 bits per heavy atom. The van der Waals surface area contributed by atoms with Gasteiger partial charge < -0.3 is 0 Å². The lowest BCUT2D eigenvalue weighted by atomic mass is 9.81. The lowest BCUT2D eigenvalue weighted by Crippen LogP contribution is -2.16. The highest BCUT2D eigenvalue weighted by Crippen LogP contribution is 2.28. The van der Waals surface area contributed by atoms with Crippen molar-refractivity contribution in [1.29, 1.82) is 0 Å². The first kappa shape index (κ1) is 12.2. The highest BCUT2D eigenvalue weighted by molar-refractivity contribution is 7.72. The van der Waals surface area contributed by atoms with Crippen LogP contribution in [0.1, 0.15) is 39.2 Å². The van der Waals surface area contributed by atoms with E-state index in [4.69, 9.17) is 0 Å². The molecule has 3 heteroatoms. The molecule has 0 amide bonds. The second-order valence-corrected chi connectivity index (χ2v) is 5.47. The van der Waals surface area contributed by atoms with Crippen molar-refractivity contribution in [3.05, 3.63) is 29.8 Å². The Hall–Kier alpha value is -0.830. The molecule has 0 atom stereocenters. The van der Waals surface area contributed by atoms with E-state index >= 15 is 0 Å². The fourth-order valence-electron chi connectivity index (χ4n) is 1.81. The van der Waals surface area contributed by atoms with Crippen LogP contribution in [-0.4, -0.2) is 8.42 Å². The summed E-state index contributed by atoms with van der Waals surface area (Å²) in [5.41, 5.74) is 1.15. The van der Waals surface area contributed by atoms with Gasteiger partial charge in [-0.25, -0.2) is 8.42 Å². The summed E-state index contributed by atoms with van der Waals surface area (Å²) < 4.78 is 21.8. The highest BCUT2D eigenvalue weighted by Gasteiger charge is 2.19. The Kier molecular flexibility index (Phi) is 3.91. The van der Waals surface area contributed by atoms with Crippen LogP contribution in [0.3, 0.4) is 0 Å². The number of hydrogen-bond donors (Lipinski definition) is 1. The summed E-state index contributed by atoms with van der Waals surface area (Å²) in [5.74, 6) is 0. The van der Waals surface area contributed by atoms with Crippen molar-refractivity contribution in [3.8, 4) is 0 Å². The van der Waals surface area contributed by atoms with Gasteiger partial charge in [0.15, 0.2) is 10.7 Å². The molecule has 0 bridgehead atoms. The van der Waals surface area contributed by atoms with E-state index < -0.39 is 10.7 Å². The van der Waals surface area contributed by atoms with Crippen LogP contribution >= 0.6 is 0 Å². The fourth-order valence-corrected chi connectivity index (χ4v) is 2.26. The predicted molar refractivity (Wildman–Crippen MR) is 63.0 cm³/mol. The molecule has 0 aliphatic carbocycles. The molecule has 0 saturated carbocycles. The molecule has 0 spiro atoms. The van der Waals surface area contributed by atoms with E-state index in [1.165, 1.54) is 0 Å². The van der Waals surface area contributed by atoms with E-state index in [2.05, 4.69) is 20.8 Å². The van der Waals surface area contributed by atoms with E-state index in [0.717, 1.165) is 18.4 Å². The highest BCUT2D eigenvalue weighted by atomic mass is 32.2. The van der Waals surface area contributed by atoms with Gasteiger partial charge in [0, 0.05) is 0 Å². The summed E-state index contributed by atoms with van der Waals surface area (Å²) in [5, 5.41) is 0. The first-order valence-corrected chi connectivity index (χ1v) is 6.40. The molecular weight excluding hydrogens is 208 g/mol. The number of benzene rings is 1. The molecule has 0 fully saturated rings. The fraction of sp³-hybridized carbons (Fsp3) is 0.500. The van der Waals surface area contributed by atoms with E-state index in [-0.39, 0.29) is 5.41 Å². The Bertz CT molecular complexity index is 398. The molecule has 0 radical (unpaired) electrons. The molecule has 15 heavy (non-hydrogen) atoms. The molecule has 2 nitrogen and oxygen atoms in total. The number of hydrogen-bond acceptors (Lipinski definition) is 2. The van der Waals surface area contributed by atoms with E-state index in [9.17, 15) is 8.42 Å². The van der Waals surface area contributed by atoms with Gasteiger partial charge >= 0.3 is 0 Å². The van der Waals surface area contributed by atoms with Crippen LogP contribution in [0.25, 0.3) is 0 Å². The lowest BCUT2D eigenvalue weighted by Gasteiger charge is -2.24. The normalized spacial score (nSPS) is 12.0. The van der Waals surface area contributed by atoms with Gasteiger partial charge in [0.1, 0.15) is 0 Å². The van der Waals surface area contributed by atoms with Crippen molar-refractivity contribution in [2.75, 3.05) is 0 Å². The Morgan fingerprint density at radius 3 is 2.47 bits per heavy atom. The molecule has 0 N–H and O–H groups in total. The summed E-state index contributed by atoms with van der Waals surface area (Å²) in [6.07, 6.45) is 2.16. The average Bonchev–Trinajstić information content (AvgIpc) is 2.18. The second kappa shape index (κ2) is 4.79. The zero-order valence-corrected chi connectivity index (χ0v) is 10.4. The van der Waals surface area contributed by atoms with Crippen LogP contribution < -0.4 is 0 Å². The molecule has 1 aromatic carbocycles. The van der Waals surface area contributed by atoms with Crippen molar-refractivity contribution >= 4 is 10.7 Å². The molecule has 0 unspecified atom stereocenters. The van der Waals surface area contributed by atoms with Crippen molar-refractivity contribution in [2.45, 2.75) is 43.9 Å². The third-order valence-electron chi connectivity index (χ3n) is 2.71. The molecule has 0 aliphatic heterocycles. The second-order valence-electron chi connectivity index (χ2n) is 4.44. The molecular formula is C12H18O2S. The maximum Gasteiger partial charge on any atom is 0.168 e. The Balaban J connectivity index is 3.09. The van der Waals surface area contributed by atoms with Crippen LogP contribution in [0.2, 0.25) is 0 Å². The first-order valence-electron chi connectivity index (χ1n) is 5.22. The summed E-state index contributed by atoms with van der Waals surface area (Å²) in [6, 6.07) is 7.23. The molecule has 1 rings (SSSR count). The minimum atomic E-state index is -2.47. The van der Waals surface area contributed by atoms with Crippen LogP contribution in [0.5, 0.6) is 0 Å². The molecule has 0 saturated heterocycles. The summed E-state index contributed by atoms with van der Waals surface area (Å²) in [6.45, 7) is 6.43. The molecule has 0 heterocycles. The van der Waals surface area contributed by atoms with E-state index in [1.807, 2.05) is 12.1 Å². The van der Waals surface area contributed by atoms with Gasteiger partial charge in [-0.3, -0.25) is 0 Å². The maximum atomic E-state index is 10.9. The zero-order valence-electron chi connectivity index (χ0n) is 9.49. The third kappa shape index (κ3) is 3.06. The molecule has 84 valence electrons. The molecule has 0 aliphatic rings. The monoisotopic (exact) mass is 226 g/mol. The minimum absolute atomic E-state index is 0.0517. The largest absolute Gasteiger partial charge is 0.227 e. The maximum absolute atomic E-state index is 10.9. The van der Waals surface area contributed by atoms with Crippen molar-refractivity contribution in [3.63, 3.8) is 0 Å². The standard InChI is InChI=1S/C12H18O2S/c1-4-8-12(2,3)10-6-5-7-11(9-10)15(13)14/h5-7,9,15H,4,8H2,1-3H3. The van der Waals surface area contributed by atoms with E-state index in [1.54, 1.807) is 12.1 Å². The zero-order chi connectivity index (χ0) is 11.5. The van der Waals surface area contributed by atoms with Crippen LogP contribution in [0.4, 0.5) is 0 Å². The summed E-state index contributed by atoms with van der Waals surface area (Å²) in [7, 11) is -2.47. The minimum Gasteiger partial charge on any atom is -0.227 e. The predicted octanol–water partition coefficient (Wildman–Crippen LogP) is 2.73. The van der Waals surface area contributed by atoms with Crippen LogP contribution in [0.15, 0.2) is 29.2 Å². The van der Waals surface area contributed by atoms with Gasteiger partial charge in [-0.2, -0.15) is 0 Å². The van der Waals surface area contributed by atoms with Crippen molar-refractivity contribution < 1.29 is 8.42 Å². The summed E-state index contributed by atoms with van der Waals surface area (Å²) in [4.78, 5) is 0.409. The number of rotatable bonds is 4. The lowest BCUT2D eigenvalue weighted by molar-refractivity contribution is 0.472. The van der Waals surface area contributed by atoms with Gasteiger partial charge in [-0.1, -0.05) is 39.3 Å². The smallest absolute Gasteiger partial charge is 0.168 e. The SMILES string of the molecule is CCCC(C)(C)c1cccc([SH](=O)=O)c1. The van der Waals surface area contributed by atoms with Crippen LogP contribution in [0, 0.1) is 0 Å². The topological polar surface area (TPSA) is 34.1 Å². The van der Waals surface area contributed by atoms with Gasteiger partial charge in [-0.05, 0) is 29.5 Å². The van der Waals surface area contributed by atoms with Crippen molar-refractivity contribution in [2.24, 2.45) is 0 Å². The first-order chi connectivity index (χ1) is 6.97. The van der Waals surface area contributed by atoms with Crippen LogP contribution in [-0.2, 0) is 16.1 Å². The van der Waals surface area contributed by atoms with Gasteiger partial charge in [0.05, 0.1) is 4.90 Å². The molecule has 1 aromatic rings. The quantitative estimate of drug-likeness (QED) is 0.801. The average molecular weight is 226 g/mol. The molecule has 0 aromatic heterocycles. The van der Waals surface area contributed by atoms with Gasteiger partial charge in [-0.15, -0.1) is 0 Å². The Morgan fingerprint density at radius 2 is 1.93 bits per heavy atom. The Labute approximate surface area is 93.3 Å². The van der Waals surface area contributed by atoms with Gasteiger partial charge in [0.25, 0.3) is 0 Å². The number of thiol groups is 1. The third-order valence-corrected chi connectivity index (χ3v) is 3.41. The van der Waals surface area contributed by atoms with Gasteiger partial charge in [0.2, 0.25) is 0 Å². The van der Waals surface area contributed by atoms with E-state index in [0.29, 0.717) is 4.90 Å².